The third-order valence-electron chi connectivity index (χ3n) is 5.92. The maximum Gasteiger partial charge on any atom is 0.336 e. The van der Waals surface area contributed by atoms with E-state index in [2.05, 4.69) is 23.8 Å². The van der Waals surface area contributed by atoms with Crippen molar-refractivity contribution in [2.75, 3.05) is 25.1 Å². The van der Waals surface area contributed by atoms with E-state index in [1.165, 1.54) is 5.57 Å². The van der Waals surface area contributed by atoms with Gasteiger partial charge in [0.15, 0.2) is 6.19 Å². The van der Waals surface area contributed by atoms with Gasteiger partial charge in [-0.3, -0.25) is 4.68 Å². The van der Waals surface area contributed by atoms with Crippen molar-refractivity contribution in [3.63, 3.8) is 0 Å². The minimum atomic E-state index is -0.192. The second-order valence-electron chi connectivity index (χ2n) is 7.17. The van der Waals surface area contributed by atoms with Crippen LogP contribution >= 0.6 is 0 Å². The summed E-state index contributed by atoms with van der Waals surface area (Å²) in [7, 11) is 0. The predicted molar refractivity (Wildman–Crippen MR) is 108 cm³/mol. The molecular formula is C21H25N5O2. The van der Waals surface area contributed by atoms with E-state index in [0.717, 1.165) is 28.5 Å². The third-order valence-corrected chi connectivity index (χ3v) is 5.92. The molecule has 0 radical (unpaired) electrons. The first-order chi connectivity index (χ1) is 13.6. The summed E-state index contributed by atoms with van der Waals surface area (Å²) >= 11 is 0. The quantitative estimate of drug-likeness (QED) is 0.800. The number of carbonyl (C=O) groups is 1. The van der Waals surface area contributed by atoms with Crippen LogP contribution in [-0.2, 0) is 13.0 Å². The van der Waals surface area contributed by atoms with Crippen LogP contribution in [0.4, 0.5) is 4.79 Å². The highest BCUT2D eigenvalue weighted by Crippen LogP contribution is 2.42. The van der Waals surface area contributed by atoms with Crippen LogP contribution in [0.2, 0.25) is 0 Å². The van der Waals surface area contributed by atoms with Gasteiger partial charge in [-0.15, -0.1) is 0 Å². The zero-order valence-electron chi connectivity index (χ0n) is 16.3. The number of nitrogens with one attached hydrogen (secondary N) is 1. The maximum atomic E-state index is 12.7. The Morgan fingerprint density at radius 3 is 2.86 bits per heavy atom. The van der Waals surface area contributed by atoms with Crippen molar-refractivity contribution in [1.29, 1.82) is 5.26 Å². The Labute approximate surface area is 164 Å². The molecule has 1 aliphatic carbocycles. The van der Waals surface area contributed by atoms with E-state index in [1.807, 2.05) is 30.9 Å². The van der Waals surface area contributed by atoms with Crippen LogP contribution in [0.3, 0.4) is 0 Å². The fraction of sp³-hybridized carbons (Fsp3) is 0.429. The predicted octanol–water partition coefficient (Wildman–Crippen LogP) is 2.63. The van der Waals surface area contributed by atoms with Gasteiger partial charge < -0.3 is 14.9 Å². The Kier molecular flexibility index (Phi) is 4.73. The summed E-state index contributed by atoms with van der Waals surface area (Å²) in [6.45, 7) is 5.63. The molecule has 0 saturated carbocycles. The summed E-state index contributed by atoms with van der Waals surface area (Å²) in [4.78, 5) is 16.2. The van der Waals surface area contributed by atoms with Gasteiger partial charge in [0.2, 0.25) is 0 Å². The molecule has 0 fully saturated rings. The number of benzene rings is 1. The van der Waals surface area contributed by atoms with Gasteiger partial charge in [0.05, 0.1) is 23.9 Å². The summed E-state index contributed by atoms with van der Waals surface area (Å²) in [6, 6.07) is 5.80. The Morgan fingerprint density at radius 1 is 1.39 bits per heavy atom. The molecule has 146 valence electrons. The van der Waals surface area contributed by atoms with Gasteiger partial charge in [0, 0.05) is 31.4 Å². The van der Waals surface area contributed by atoms with Crippen molar-refractivity contribution >= 4 is 22.5 Å². The van der Waals surface area contributed by atoms with E-state index in [1.54, 1.807) is 9.58 Å². The molecule has 7 nitrogen and oxygen atoms in total. The molecule has 7 heteroatoms. The fourth-order valence-corrected chi connectivity index (χ4v) is 4.54. The zero-order valence-corrected chi connectivity index (χ0v) is 16.3. The van der Waals surface area contributed by atoms with E-state index in [9.17, 15) is 15.2 Å². The number of aromatic nitrogens is 1. The van der Waals surface area contributed by atoms with Crippen molar-refractivity contribution in [3.05, 3.63) is 41.1 Å². The smallest absolute Gasteiger partial charge is 0.336 e. The van der Waals surface area contributed by atoms with Crippen LogP contribution in [0.15, 0.2) is 24.3 Å². The van der Waals surface area contributed by atoms with E-state index < -0.39 is 0 Å². The summed E-state index contributed by atoms with van der Waals surface area (Å²) in [5, 5.41) is 20.8. The second kappa shape index (κ2) is 7.21. The second-order valence-corrected chi connectivity index (χ2v) is 7.17. The molecule has 2 N–H and O–H groups in total. The number of hydrogen-bond donors (Lipinski definition) is 2. The molecular weight excluding hydrogens is 354 g/mol. The molecule has 4 rings (SSSR count). The molecule has 1 atom stereocenters. The van der Waals surface area contributed by atoms with E-state index >= 15 is 0 Å². The molecule has 0 saturated heterocycles. The molecule has 0 bridgehead atoms. The number of hydrogen-bond acceptors (Lipinski definition) is 4. The van der Waals surface area contributed by atoms with Gasteiger partial charge in [-0.1, -0.05) is 18.2 Å². The number of nitrogens with zero attached hydrogens (tertiary/aromatic N) is 4. The van der Waals surface area contributed by atoms with Crippen LogP contribution < -0.4 is 5.43 Å². The molecule has 2 heterocycles. The summed E-state index contributed by atoms with van der Waals surface area (Å²) in [5.74, 6) is 0. The van der Waals surface area contributed by atoms with Gasteiger partial charge >= 0.3 is 6.03 Å². The summed E-state index contributed by atoms with van der Waals surface area (Å²) in [5.41, 5.74) is 7.81. The van der Waals surface area contributed by atoms with E-state index in [4.69, 9.17) is 0 Å². The van der Waals surface area contributed by atoms with Crippen LogP contribution in [0.1, 0.15) is 37.1 Å². The monoisotopic (exact) mass is 379 g/mol. The number of amides is 2. The lowest BCUT2D eigenvalue weighted by atomic mass is 9.81. The van der Waals surface area contributed by atoms with Gasteiger partial charge in [0.1, 0.15) is 0 Å². The van der Waals surface area contributed by atoms with Crippen LogP contribution in [0.25, 0.3) is 16.5 Å². The van der Waals surface area contributed by atoms with Crippen LogP contribution in [0, 0.1) is 11.5 Å². The lowest BCUT2D eigenvalue weighted by Gasteiger charge is -2.36. The summed E-state index contributed by atoms with van der Waals surface area (Å²) < 4.78 is 1.73. The number of nitriles is 1. The lowest BCUT2D eigenvalue weighted by Crippen LogP contribution is -2.39. The Morgan fingerprint density at radius 2 is 2.18 bits per heavy atom. The number of aliphatic hydroxyl groups excluding tert-OH is 1. The van der Waals surface area contributed by atoms with Gasteiger partial charge in [-0.25, -0.2) is 10.2 Å². The highest BCUT2D eigenvalue weighted by molar-refractivity contribution is 6.00. The van der Waals surface area contributed by atoms with Crippen LogP contribution in [-0.4, -0.2) is 51.3 Å². The Hall–Kier alpha value is -2.98. The average molecular weight is 379 g/mol. The molecule has 2 amide bonds. The van der Waals surface area contributed by atoms with Crippen molar-refractivity contribution in [3.8, 4) is 6.19 Å². The molecule has 0 unspecified atom stereocenters. The summed E-state index contributed by atoms with van der Waals surface area (Å²) in [6.07, 6.45) is 6.04. The highest BCUT2D eigenvalue weighted by Gasteiger charge is 2.35. The first kappa shape index (κ1) is 18.4. The van der Waals surface area contributed by atoms with Gasteiger partial charge in [0.25, 0.3) is 0 Å². The molecule has 2 aliphatic rings. The first-order valence-corrected chi connectivity index (χ1v) is 9.83. The number of carbonyl (C=O) groups excluding carboxylic acids is 1. The van der Waals surface area contributed by atoms with Gasteiger partial charge in [-0.2, -0.15) is 5.26 Å². The van der Waals surface area contributed by atoms with Crippen LogP contribution in [0.5, 0.6) is 0 Å². The average Bonchev–Trinajstić information content (AvgIpc) is 3.02. The SMILES string of the molecule is CCN(CC)C(=O)Nn1c(CO)c2c3c(cccc31)C1=CCCN(C#N)[C@@H]1C2. The topological polar surface area (TPSA) is 84.5 Å². The number of rotatable bonds is 4. The minimum Gasteiger partial charge on any atom is -0.390 e. The molecule has 2 aromatic rings. The molecule has 28 heavy (non-hydrogen) atoms. The Bertz CT molecular complexity index is 996. The molecule has 1 aromatic heterocycles. The van der Waals surface area contributed by atoms with Crippen molar-refractivity contribution in [2.45, 2.75) is 39.3 Å². The standard InChI is InChI=1S/C21H25N5O2/c1-3-24(4-2)21(28)23-26-17-9-5-7-15-14-8-6-10-25(13-22)18(14)11-16(20(15)17)19(26)12-27/h5,7-9,18,27H,3-4,6,10-12H2,1-2H3,(H,23,28)/t18-/m1/s1. The fourth-order valence-electron chi connectivity index (χ4n) is 4.54. The first-order valence-electron chi connectivity index (χ1n) is 9.83. The van der Waals surface area contributed by atoms with Crippen molar-refractivity contribution in [1.82, 2.24) is 14.5 Å². The number of aliphatic hydroxyl groups is 1. The molecule has 1 aliphatic heterocycles. The third kappa shape index (κ3) is 2.64. The largest absolute Gasteiger partial charge is 0.390 e. The molecule has 0 spiro atoms. The number of urea groups is 1. The van der Waals surface area contributed by atoms with Crippen molar-refractivity contribution in [2.24, 2.45) is 0 Å². The number of fused-ring (bicyclic) bond motifs is 2. The van der Waals surface area contributed by atoms with E-state index in [-0.39, 0.29) is 18.7 Å². The lowest BCUT2D eigenvalue weighted by molar-refractivity contribution is 0.213. The van der Waals surface area contributed by atoms with Crippen molar-refractivity contribution < 1.29 is 9.90 Å². The maximum absolute atomic E-state index is 12.7. The Balaban J connectivity index is 1.88. The van der Waals surface area contributed by atoms with Gasteiger partial charge in [-0.05, 0) is 43.0 Å². The normalized spacial score (nSPS) is 17.7. The van der Waals surface area contributed by atoms with E-state index in [0.29, 0.717) is 31.7 Å². The zero-order chi connectivity index (χ0) is 19.8. The minimum absolute atomic E-state index is 0.0171. The molecule has 1 aromatic carbocycles. The highest BCUT2D eigenvalue weighted by atomic mass is 16.3.